The highest BCUT2D eigenvalue weighted by Crippen LogP contribution is 2.29. The van der Waals surface area contributed by atoms with Crippen LogP contribution in [0.4, 0.5) is 5.69 Å². The van der Waals surface area contributed by atoms with E-state index >= 15 is 0 Å². The number of fused-ring (bicyclic) bond motifs is 1. The maximum Gasteiger partial charge on any atom is 0.256 e. The van der Waals surface area contributed by atoms with Gasteiger partial charge in [-0.3, -0.25) is 9.59 Å². The van der Waals surface area contributed by atoms with Crippen molar-refractivity contribution in [1.82, 2.24) is 9.88 Å². The number of carbonyl (C=O) groups excluding carboxylic acids is 2. The van der Waals surface area contributed by atoms with E-state index in [1.807, 2.05) is 54.3 Å². The molecule has 0 radical (unpaired) electrons. The van der Waals surface area contributed by atoms with Gasteiger partial charge in [-0.25, -0.2) is 4.98 Å². The van der Waals surface area contributed by atoms with Gasteiger partial charge >= 0.3 is 0 Å². The van der Waals surface area contributed by atoms with E-state index in [-0.39, 0.29) is 11.8 Å². The summed E-state index contributed by atoms with van der Waals surface area (Å²) in [6, 6.07) is 22.3. The molecular weight excluding hydrogens is 518 g/mol. The van der Waals surface area contributed by atoms with Crippen molar-refractivity contribution in [2.75, 3.05) is 25.0 Å². The molecule has 1 fully saturated rings. The molecule has 36 heavy (non-hydrogen) atoms. The Morgan fingerprint density at radius 1 is 1.00 bits per heavy atom. The molecule has 1 saturated heterocycles. The van der Waals surface area contributed by atoms with E-state index in [9.17, 15) is 9.59 Å². The van der Waals surface area contributed by atoms with Gasteiger partial charge in [0.05, 0.1) is 23.4 Å². The SMILES string of the molecule is CCOc1cccc(-c2cc(C(=O)Nc3ccc(C(=O)N4CCCC4)cc3)c3cc(Br)ccc3n2)c1. The molecule has 2 heterocycles. The van der Waals surface area contributed by atoms with Crippen LogP contribution in [0.15, 0.2) is 77.3 Å². The zero-order chi connectivity index (χ0) is 25.1. The summed E-state index contributed by atoms with van der Waals surface area (Å²) in [5, 5.41) is 3.73. The maximum absolute atomic E-state index is 13.5. The lowest BCUT2D eigenvalue weighted by atomic mass is 10.0. The summed E-state index contributed by atoms with van der Waals surface area (Å²) in [7, 11) is 0. The Balaban J connectivity index is 1.46. The molecule has 1 aliphatic heterocycles. The fourth-order valence-electron chi connectivity index (χ4n) is 4.44. The number of amides is 2. The number of nitrogens with one attached hydrogen (secondary N) is 1. The topological polar surface area (TPSA) is 71.5 Å². The minimum atomic E-state index is -0.249. The number of rotatable bonds is 6. The van der Waals surface area contributed by atoms with Crippen molar-refractivity contribution < 1.29 is 14.3 Å². The molecule has 7 heteroatoms. The minimum Gasteiger partial charge on any atom is -0.494 e. The van der Waals surface area contributed by atoms with Crippen LogP contribution in [0.25, 0.3) is 22.2 Å². The fourth-order valence-corrected chi connectivity index (χ4v) is 4.80. The number of anilines is 1. The summed E-state index contributed by atoms with van der Waals surface area (Å²) in [5.41, 5.74) is 4.03. The number of aromatic nitrogens is 1. The maximum atomic E-state index is 13.5. The van der Waals surface area contributed by atoms with E-state index < -0.39 is 0 Å². The van der Waals surface area contributed by atoms with Crippen molar-refractivity contribution in [2.45, 2.75) is 19.8 Å². The van der Waals surface area contributed by atoms with Crippen molar-refractivity contribution in [3.8, 4) is 17.0 Å². The first-order chi connectivity index (χ1) is 17.5. The van der Waals surface area contributed by atoms with Gasteiger partial charge in [-0.1, -0.05) is 28.1 Å². The van der Waals surface area contributed by atoms with Crippen molar-refractivity contribution >= 4 is 44.3 Å². The van der Waals surface area contributed by atoms with Crippen LogP contribution in [0.5, 0.6) is 5.75 Å². The number of carbonyl (C=O) groups is 2. The van der Waals surface area contributed by atoms with E-state index in [0.717, 1.165) is 47.1 Å². The number of pyridine rings is 1. The van der Waals surface area contributed by atoms with E-state index in [0.29, 0.717) is 34.6 Å². The van der Waals surface area contributed by atoms with Gasteiger partial charge in [-0.05, 0) is 80.4 Å². The molecule has 0 unspecified atom stereocenters. The molecule has 4 aromatic rings. The van der Waals surface area contributed by atoms with E-state index in [1.54, 1.807) is 30.3 Å². The van der Waals surface area contributed by atoms with Crippen LogP contribution in [0.3, 0.4) is 0 Å². The quantitative estimate of drug-likeness (QED) is 0.299. The first-order valence-electron chi connectivity index (χ1n) is 12.1. The average molecular weight is 544 g/mol. The lowest BCUT2D eigenvalue weighted by Gasteiger charge is -2.15. The number of ether oxygens (including phenoxy) is 1. The predicted molar refractivity (Wildman–Crippen MR) is 146 cm³/mol. The van der Waals surface area contributed by atoms with E-state index in [4.69, 9.17) is 9.72 Å². The van der Waals surface area contributed by atoms with Gasteiger partial charge in [0, 0.05) is 39.8 Å². The summed E-state index contributed by atoms with van der Waals surface area (Å²) >= 11 is 3.51. The van der Waals surface area contributed by atoms with Crippen LogP contribution < -0.4 is 10.1 Å². The standard InChI is InChI=1S/C29H26BrN3O3/c1-2-36-23-7-5-6-20(16-23)27-18-25(24-17-21(30)10-13-26(24)32-27)28(34)31-22-11-8-19(9-12-22)29(35)33-14-3-4-15-33/h5-13,16-18H,2-4,14-15H2,1H3,(H,31,34). The normalized spacial score (nSPS) is 13.1. The smallest absolute Gasteiger partial charge is 0.256 e. The first kappa shape index (κ1) is 24.0. The molecule has 182 valence electrons. The van der Waals surface area contributed by atoms with Crippen LogP contribution in [0, 0.1) is 0 Å². The highest BCUT2D eigenvalue weighted by atomic mass is 79.9. The molecule has 0 atom stereocenters. The minimum absolute atomic E-state index is 0.0364. The van der Waals surface area contributed by atoms with Gasteiger partial charge in [0.1, 0.15) is 5.75 Å². The second-order valence-electron chi connectivity index (χ2n) is 8.71. The largest absolute Gasteiger partial charge is 0.494 e. The molecule has 2 amide bonds. The van der Waals surface area contributed by atoms with Crippen LogP contribution in [0.2, 0.25) is 0 Å². The lowest BCUT2D eigenvalue weighted by molar-refractivity contribution is 0.0792. The molecule has 0 saturated carbocycles. The van der Waals surface area contributed by atoms with Gasteiger partial charge in [-0.2, -0.15) is 0 Å². The van der Waals surface area contributed by atoms with Crippen molar-refractivity contribution in [2.24, 2.45) is 0 Å². The Morgan fingerprint density at radius 2 is 1.78 bits per heavy atom. The molecule has 1 aromatic heterocycles. The predicted octanol–water partition coefficient (Wildman–Crippen LogP) is 6.55. The monoisotopic (exact) mass is 543 g/mol. The number of benzene rings is 3. The van der Waals surface area contributed by atoms with Crippen LogP contribution in [-0.2, 0) is 0 Å². The lowest BCUT2D eigenvalue weighted by Crippen LogP contribution is -2.27. The summed E-state index contributed by atoms with van der Waals surface area (Å²) in [4.78, 5) is 32.8. The average Bonchev–Trinajstić information content (AvgIpc) is 3.44. The zero-order valence-electron chi connectivity index (χ0n) is 20.0. The number of hydrogen-bond donors (Lipinski definition) is 1. The molecule has 5 rings (SSSR count). The second-order valence-corrected chi connectivity index (χ2v) is 9.62. The second kappa shape index (κ2) is 10.5. The van der Waals surface area contributed by atoms with Crippen molar-refractivity contribution in [3.05, 3.63) is 88.4 Å². The number of halogens is 1. The molecule has 0 aliphatic carbocycles. The number of likely N-dealkylation sites (tertiary alicyclic amines) is 1. The van der Waals surface area contributed by atoms with Gasteiger partial charge in [0.15, 0.2) is 0 Å². The highest BCUT2D eigenvalue weighted by Gasteiger charge is 2.20. The van der Waals surface area contributed by atoms with E-state index in [1.165, 1.54) is 0 Å². The molecule has 1 aliphatic rings. The molecular formula is C29H26BrN3O3. The Bertz CT molecular complexity index is 1430. The molecule has 0 spiro atoms. The van der Waals surface area contributed by atoms with Crippen molar-refractivity contribution in [3.63, 3.8) is 0 Å². The highest BCUT2D eigenvalue weighted by molar-refractivity contribution is 9.10. The Hall–Kier alpha value is -3.71. The van der Waals surface area contributed by atoms with Crippen LogP contribution in [0.1, 0.15) is 40.5 Å². The molecule has 0 bridgehead atoms. The van der Waals surface area contributed by atoms with Crippen molar-refractivity contribution in [1.29, 1.82) is 0 Å². The number of nitrogens with zero attached hydrogens (tertiary/aromatic N) is 2. The van der Waals surface area contributed by atoms with Gasteiger partial charge in [-0.15, -0.1) is 0 Å². The molecule has 1 N–H and O–H groups in total. The summed E-state index contributed by atoms with van der Waals surface area (Å²) in [5.74, 6) is 0.540. The third-order valence-corrected chi connectivity index (χ3v) is 6.73. The Labute approximate surface area is 218 Å². The van der Waals surface area contributed by atoms with Gasteiger partial charge < -0.3 is 15.0 Å². The molecule has 6 nitrogen and oxygen atoms in total. The van der Waals surface area contributed by atoms with E-state index in [2.05, 4.69) is 21.2 Å². The number of hydrogen-bond acceptors (Lipinski definition) is 4. The summed E-state index contributed by atoms with van der Waals surface area (Å²) < 4.78 is 6.51. The third kappa shape index (κ3) is 5.11. The summed E-state index contributed by atoms with van der Waals surface area (Å²) in [6.45, 7) is 4.12. The van der Waals surface area contributed by atoms with Gasteiger partial charge in [0.2, 0.25) is 0 Å². The zero-order valence-corrected chi connectivity index (χ0v) is 21.5. The summed E-state index contributed by atoms with van der Waals surface area (Å²) in [6.07, 6.45) is 2.10. The van der Waals surface area contributed by atoms with Crippen LogP contribution >= 0.6 is 15.9 Å². The fraction of sp³-hybridized carbons (Fsp3) is 0.207. The van der Waals surface area contributed by atoms with Gasteiger partial charge in [0.25, 0.3) is 11.8 Å². The van der Waals surface area contributed by atoms with Crippen LogP contribution in [-0.4, -0.2) is 41.4 Å². The Morgan fingerprint density at radius 3 is 2.53 bits per heavy atom. The Kier molecular flexibility index (Phi) is 7.00. The first-order valence-corrected chi connectivity index (χ1v) is 12.9. The molecule has 3 aromatic carbocycles. The third-order valence-electron chi connectivity index (χ3n) is 6.24.